The molecule has 14 heavy (non-hydrogen) atoms. The van der Waals surface area contributed by atoms with Crippen LogP contribution in [0, 0.1) is 11.3 Å². The van der Waals surface area contributed by atoms with Gasteiger partial charge < -0.3 is 10.1 Å². The molecule has 0 aromatic carbocycles. The van der Waals surface area contributed by atoms with Crippen LogP contribution < -0.4 is 5.32 Å². The number of hydrogen-bond donors (Lipinski definition) is 1. The number of nitriles is 1. The Bertz CT molecular complexity index is 323. The Morgan fingerprint density at radius 2 is 2.07 bits per heavy atom. The van der Waals surface area contributed by atoms with E-state index in [1.54, 1.807) is 13.0 Å². The van der Waals surface area contributed by atoms with Crippen molar-refractivity contribution >= 4 is 11.9 Å². The van der Waals surface area contributed by atoms with E-state index < -0.39 is 11.9 Å². The molecule has 5 nitrogen and oxygen atoms in total. The predicted octanol–water partition coefficient (Wildman–Crippen LogP) is 0.259. The maximum Gasteiger partial charge on any atom is 0.330 e. The number of allylic oxidation sites excluding steroid dienone is 2. The van der Waals surface area contributed by atoms with Crippen LogP contribution in [0.3, 0.4) is 0 Å². The third-order valence-electron chi connectivity index (χ3n) is 1.17. The van der Waals surface area contributed by atoms with Crippen molar-refractivity contribution in [3.63, 3.8) is 0 Å². The number of ether oxygens (including phenoxy) is 1. The lowest BCUT2D eigenvalue weighted by molar-refractivity contribution is -0.135. The first-order valence-electron chi connectivity index (χ1n) is 3.73. The summed E-state index contributed by atoms with van der Waals surface area (Å²) in [7, 11) is 1.21. The monoisotopic (exact) mass is 194 g/mol. The SMILES string of the molecule is COC(=O)/C=C/C(=O)N/C(C)=C/C#N. The molecule has 0 saturated carbocycles. The van der Waals surface area contributed by atoms with Crippen LogP contribution in [0.2, 0.25) is 0 Å². The fourth-order valence-electron chi connectivity index (χ4n) is 0.581. The van der Waals surface area contributed by atoms with Gasteiger partial charge in [-0.2, -0.15) is 5.26 Å². The molecule has 0 spiro atoms. The number of amides is 1. The highest BCUT2D eigenvalue weighted by Gasteiger charge is 1.97. The summed E-state index contributed by atoms with van der Waals surface area (Å²) in [4.78, 5) is 21.6. The van der Waals surface area contributed by atoms with Crippen molar-refractivity contribution in [3.8, 4) is 6.07 Å². The first-order chi connectivity index (χ1) is 6.60. The molecule has 0 radical (unpaired) electrons. The highest BCUT2D eigenvalue weighted by atomic mass is 16.5. The number of rotatable bonds is 3. The molecule has 0 aliphatic carbocycles. The molecule has 1 N–H and O–H groups in total. The molecule has 0 fully saturated rings. The molecule has 1 amide bonds. The van der Waals surface area contributed by atoms with E-state index in [0.29, 0.717) is 5.70 Å². The number of methoxy groups -OCH3 is 1. The van der Waals surface area contributed by atoms with Crippen LogP contribution in [0.5, 0.6) is 0 Å². The van der Waals surface area contributed by atoms with Crippen molar-refractivity contribution in [1.29, 1.82) is 5.26 Å². The Kier molecular flexibility index (Phi) is 5.47. The Morgan fingerprint density at radius 3 is 2.57 bits per heavy atom. The Balaban J connectivity index is 4.13. The molecule has 0 heterocycles. The zero-order chi connectivity index (χ0) is 11.0. The zero-order valence-electron chi connectivity index (χ0n) is 7.90. The van der Waals surface area contributed by atoms with Crippen molar-refractivity contribution in [2.45, 2.75) is 6.92 Å². The van der Waals surface area contributed by atoms with Gasteiger partial charge in [0.1, 0.15) is 0 Å². The summed E-state index contributed by atoms with van der Waals surface area (Å²) in [5.74, 6) is -1.10. The molecule has 0 aliphatic rings. The minimum Gasteiger partial charge on any atom is -0.466 e. The average molecular weight is 194 g/mol. The number of carbonyl (C=O) groups excluding carboxylic acids is 2. The van der Waals surface area contributed by atoms with Crippen molar-refractivity contribution in [3.05, 3.63) is 23.9 Å². The molecule has 0 aromatic heterocycles. The molecular formula is C9H10N2O3. The fraction of sp³-hybridized carbons (Fsp3) is 0.222. The maximum absolute atomic E-state index is 11.0. The Morgan fingerprint density at radius 1 is 1.43 bits per heavy atom. The van der Waals surface area contributed by atoms with Crippen molar-refractivity contribution in [2.24, 2.45) is 0 Å². The average Bonchev–Trinajstić information content (AvgIpc) is 2.14. The first-order valence-corrected chi connectivity index (χ1v) is 3.73. The lowest BCUT2D eigenvalue weighted by Gasteiger charge is -1.98. The largest absolute Gasteiger partial charge is 0.466 e. The summed E-state index contributed by atoms with van der Waals surface area (Å²) in [6.07, 6.45) is 3.21. The minimum absolute atomic E-state index is 0.409. The van der Waals surface area contributed by atoms with Crippen molar-refractivity contribution < 1.29 is 14.3 Å². The van der Waals surface area contributed by atoms with Crippen molar-refractivity contribution in [1.82, 2.24) is 5.32 Å². The molecule has 0 atom stereocenters. The number of esters is 1. The summed E-state index contributed by atoms with van der Waals surface area (Å²) in [5, 5.41) is 10.6. The van der Waals surface area contributed by atoms with E-state index in [1.807, 2.05) is 0 Å². The smallest absolute Gasteiger partial charge is 0.330 e. The van der Waals surface area contributed by atoms with Crippen LogP contribution in [0.15, 0.2) is 23.9 Å². The number of hydrogen-bond acceptors (Lipinski definition) is 4. The second-order valence-electron chi connectivity index (χ2n) is 2.30. The standard InChI is InChI=1S/C9H10N2O3/c1-7(5-6-10)11-8(12)3-4-9(13)14-2/h3-5H,1-2H3,(H,11,12)/b4-3+,7-5+. The molecule has 74 valence electrons. The van der Waals surface area contributed by atoms with Crippen molar-refractivity contribution in [2.75, 3.05) is 7.11 Å². The van der Waals surface area contributed by atoms with Gasteiger partial charge in [0.15, 0.2) is 0 Å². The maximum atomic E-state index is 11.0. The molecule has 0 aliphatic heterocycles. The Labute approximate surface area is 81.7 Å². The van der Waals surface area contributed by atoms with E-state index >= 15 is 0 Å². The fourth-order valence-corrected chi connectivity index (χ4v) is 0.581. The van der Waals surface area contributed by atoms with Gasteiger partial charge >= 0.3 is 5.97 Å². The van der Waals surface area contributed by atoms with Gasteiger partial charge in [-0.25, -0.2) is 4.79 Å². The topological polar surface area (TPSA) is 79.2 Å². The van der Waals surface area contributed by atoms with Gasteiger partial charge in [0, 0.05) is 23.9 Å². The second kappa shape index (κ2) is 6.43. The lowest BCUT2D eigenvalue weighted by atomic mass is 10.4. The van der Waals surface area contributed by atoms with E-state index in [-0.39, 0.29) is 0 Å². The van der Waals surface area contributed by atoms with Gasteiger partial charge in [-0.3, -0.25) is 4.79 Å². The van der Waals surface area contributed by atoms with Gasteiger partial charge in [-0.05, 0) is 6.92 Å². The van der Waals surface area contributed by atoms with E-state index in [1.165, 1.54) is 13.2 Å². The number of nitrogens with zero attached hydrogens (tertiary/aromatic N) is 1. The second-order valence-corrected chi connectivity index (χ2v) is 2.30. The number of nitrogens with one attached hydrogen (secondary N) is 1. The Hall–Kier alpha value is -2.09. The first kappa shape index (κ1) is 11.9. The predicted molar refractivity (Wildman–Crippen MR) is 48.7 cm³/mol. The van der Waals surface area contributed by atoms with E-state index in [2.05, 4.69) is 10.1 Å². The highest BCUT2D eigenvalue weighted by Crippen LogP contribution is 1.86. The lowest BCUT2D eigenvalue weighted by Crippen LogP contribution is -2.18. The molecule has 0 saturated heterocycles. The molecule has 0 bridgehead atoms. The van der Waals surface area contributed by atoms with Gasteiger partial charge in [0.05, 0.1) is 13.2 Å². The van der Waals surface area contributed by atoms with Crippen LogP contribution in [0.1, 0.15) is 6.92 Å². The van der Waals surface area contributed by atoms with Crippen LogP contribution in [-0.4, -0.2) is 19.0 Å². The highest BCUT2D eigenvalue weighted by molar-refractivity contribution is 5.95. The molecule has 0 aromatic rings. The van der Waals surface area contributed by atoms with E-state index in [0.717, 1.165) is 12.2 Å². The summed E-state index contributed by atoms with van der Waals surface area (Å²) >= 11 is 0. The molecule has 5 heteroatoms. The summed E-state index contributed by atoms with van der Waals surface area (Å²) in [5.41, 5.74) is 0.409. The van der Waals surface area contributed by atoms with Gasteiger partial charge in [-0.15, -0.1) is 0 Å². The minimum atomic E-state index is -0.609. The van der Waals surface area contributed by atoms with Gasteiger partial charge in [0.25, 0.3) is 0 Å². The summed E-state index contributed by atoms with van der Waals surface area (Å²) in [6.45, 7) is 1.56. The normalized spacial score (nSPS) is 10.8. The molecule has 0 rings (SSSR count). The number of carbonyl (C=O) groups is 2. The van der Waals surface area contributed by atoms with E-state index in [9.17, 15) is 9.59 Å². The molecular weight excluding hydrogens is 184 g/mol. The van der Waals surface area contributed by atoms with Gasteiger partial charge in [-0.1, -0.05) is 0 Å². The third kappa shape index (κ3) is 5.55. The quantitative estimate of drug-likeness (QED) is 0.397. The summed E-state index contributed by atoms with van der Waals surface area (Å²) in [6, 6.07) is 1.76. The van der Waals surface area contributed by atoms with Crippen LogP contribution in [0.25, 0.3) is 0 Å². The molecule has 0 unspecified atom stereocenters. The summed E-state index contributed by atoms with van der Waals surface area (Å²) < 4.78 is 4.28. The van der Waals surface area contributed by atoms with Crippen LogP contribution in [0.4, 0.5) is 0 Å². The van der Waals surface area contributed by atoms with Gasteiger partial charge in [0.2, 0.25) is 5.91 Å². The van der Waals surface area contributed by atoms with Crippen LogP contribution >= 0.6 is 0 Å². The van der Waals surface area contributed by atoms with E-state index in [4.69, 9.17) is 5.26 Å². The zero-order valence-corrected chi connectivity index (χ0v) is 7.90. The van der Waals surface area contributed by atoms with Crippen LogP contribution in [-0.2, 0) is 14.3 Å². The third-order valence-corrected chi connectivity index (χ3v) is 1.17.